The van der Waals surface area contributed by atoms with Crippen molar-refractivity contribution in [1.29, 1.82) is 0 Å². The van der Waals surface area contributed by atoms with Gasteiger partial charge in [-0.25, -0.2) is 15.0 Å². The Hall–Kier alpha value is -3.28. The number of rotatable bonds is 5. The second-order valence-corrected chi connectivity index (χ2v) is 5.68. The van der Waals surface area contributed by atoms with E-state index in [-0.39, 0.29) is 0 Å². The Balaban J connectivity index is 1.76. The third kappa shape index (κ3) is 2.94. The van der Waals surface area contributed by atoms with Crippen LogP contribution in [0, 0.1) is 0 Å². The van der Waals surface area contributed by atoms with Crippen LogP contribution in [-0.4, -0.2) is 31.3 Å². The Kier molecular flexibility index (Phi) is 4.08. The van der Waals surface area contributed by atoms with Crippen LogP contribution in [0.2, 0.25) is 0 Å². The van der Waals surface area contributed by atoms with E-state index >= 15 is 0 Å². The van der Waals surface area contributed by atoms with Crippen LogP contribution in [0.4, 0.5) is 5.82 Å². The Morgan fingerprint density at radius 2 is 1.80 bits per heavy atom. The summed E-state index contributed by atoms with van der Waals surface area (Å²) in [6, 6.07) is 16.1. The van der Waals surface area contributed by atoms with Crippen molar-refractivity contribution in [2.75, 3.05) is 11.4 Å². The summed E-state index contributed by atoms with van der Waals surface area (Å²) in [4.78, 5) is 15.5. The third-order valence-electron chi connectivity index (χ3n) is 4.11. The van der Waals surface area contributed by atoms with Gasteiger partial charge in [0.1, 0.15) is 12.1 Å². The lowest BCUT2D eigenvalue weighted by atomic mass is 10.2. The van der Waals surface area contributed by atoms with Crippen LogP contribution in [0.3, 0.4) is 0 Å². The zero-order valence-corrected chi connectivity index (χ0v) is 13.9. The highest BCUT2D eigenvalue weighted by atomic mass is 15.3. The molecular formula is C19H18N6. The van der Waals surface area contributed by atoms with E-state index in [0.29, 0.717) is 0 Å². The molecule has 0 fully saturated rings. The number of hydrogen-bond acceptors (Lipinski definition) is 5. The van der Waals surface area contributed by atoms with Gasteiger partial charge >= 0.3 is 0 Å². The summed E-state index contributed by atoms with van der Waals surface area (Å²) in [6.45, 7) is 3.76. The van der Waals surface area contributed by atoms with Crippen LogP contribution in [-0.2, 0) is 6.54 Å². The largest absolute Gasteiger partial charge is 0.352 e. The number of aromatic nitrogens is 5. The molecule has 0 saturated heterocycles. The minimum atomic E-state index is 0.744. The molecule has 1 aromatic carbocycles. The topological polar surface area (TPSA) is 59.7 Å². The SMILES string of the molecule is CCN(Cc1ccccc1)c1ncnc2c1cnn2-c1ccccn1. The molecule has 4 rings (SSSR count). The summed E-state index contributed by atoms with van der Waals surface area (Å²) >= 11 is 0. The van der Waals surface area contributed by atoms with E-state index in [9.17, 15) is 0 Å². The third-order valence-corrected chi connectivity index (χ3v) is 4.11. The summed E-state index contributed by atoms with van der Waals surface area (Å²) in [5, 5.41) is 5.40. The van der Waals surface area contributed by atoms with Gasteiger partial charge in [0.2, 0.25) is 0 Å². The van der Waals surface area contributed by atoms with E-state index in [4.69, 9.17) is 0 Å². The summed E-state index contributed by atoms with van der Waals surface area (Å²) < 4.78 is 1.75. The minimum absolute atomic E-state index is 0.744. The first-order valence-corrected chi connectivity index (χ1v) is 8.26. The van der Waals surface area contributed by atoms with E-state index in [1.165, 1.54) is 5.56 Å². The standard InChI is InChI=1S/C19H18N6/c1-2-24(13-15-8-4-3-5-9-15)18-16-12-23-25(19(16)22-14-21-18)17-10-6-7-11-20-17/h3-12,14H,2,13H2,1H3. The van der Waals surface area contributed by atoms with Gasteiger partial charge in [0.05, 0.1) is 11.6 Å². The van der Waals surface area contributed by atoms with E-state index in [0.717, 1.165) is 35.8 Å². The zero-order valence-electron chi connectivity index (χ0n) is 13.9. The Morgan fingerprint density at radius 3 is 2.56 bits per heavy atom. The van der Waals surface area contributed by atoms with E-state index in [1.54, 1.807) is 17.2 Å². The Labute approximate surface area is 145 Å². The highest BCUT2D eigenvalue weighted by Gasteiger charge is 2.16. The predicted molar refractivity (Wildman–Crippen MR) is 97.6 cm³/mol. The summed E-state index contributed by atoms with van der Waals surface area (Å²) in [5.41, 5.74) is 2.00. The fraction of sp³-hybridized carbons (Fsp3) is 0.158. The zero-order chi connectivity index (χ0) is 17.1. The molecule has 0 spiro atoms. The summed E-state index contributed by atoms with van der Waals surface area (Å²) in [7, 11) is 0. The number of hydrogen-bond donors (Lipinski definition) is 0. The van der Waals surface area contributed by atoms with Gasteiger partial charge in [0.25, 0.3) is 0 Å². The van der Waals surface area contributed by atoms with Crippen molar-refractivity contribution in [3.63, 3.8) is 0 Å². The fourth-order valence-corrected chi connectivity index (χ4v) is 2.87. The van der Waals surface area contributed by atoms with Gasteiger partial charge in [-0.2, -0.15) is 9.78 Å². The Morgan fingerprint density at radius 1 is 0.960 bits per heavy atom. The average Bonchev–Trinajstić information content (AvgIpc) is 3.12. The first kappa shape index (κ1) is 15.3. The Bertz CT molecular complexity index is 965. The van der Waals surface area contributed by atoms with Crippen LogP contribution in [0.25, 0.3) is 16.9 Å². The highest BCUT2D eigenvalue weighted by molar-refractivity contribution is 5.87. The molecule has 0 unspecified atom stereocenters. The summed E-state index contributed by atoms with van der Waals surface area (Å²) in [6.07, 6.45) is 5.15. The van der Waals surface area contributed by atoms with Gasteiger partial charge in [0, 0.05) is 19.3 Å². The van der Waals surface area contributed by atoms with Gasteiger partial charge in [-0.15, -0.1) is 0 Å². The van der Waals surface area contributed by atoms with E-state index < -0.39 is 0 Å². The molecular weight excluding hydrogens is 312 g/mol. The molecule has 25 heavy (non-hydrogen) atoms. The molecule has 0 radical (unpaired) electrons. The van der Waals surface area contributed by atoms with Gasteiger partial charge < -0.3 is 4.90 Å². The highest BCUT2D eigenvalue weighted by Crippen LogP contribution is 2.25. The molecule has 0 amide bonds. The first-order chi connectivity index (χ1) is 12.4. The van der Waals surface area contributed by atoms with Gasteiger partial charge in [-0.1, -0.05) is 36.4 Å². The molecule has 0 bridgehead atoms. The van der Waals surface area contributed by atoms with Crippen molar-refractivity contribution in [2.24, 2.45) is 0 Å². The fourth-order valence-electron chi connectivity index (χ4n) is 2.87. The van der Waals surface area contributed by atoms with E-state index in [2.05, 4.69) is 56.1 Å². The van der Waals surface area contributed by atoms with Crippen molar-refractivity contribution < 1.29 is 0 Å². The second kappa shape index (κ2) is 6.68. The molecule has 0 N–H and O–H groups in total. The minimum Gasteiger partial charge on any atom is -0.352 e. The second-order valence-electron chi connectivity index (χ2n) is 5.68. The molecule has 3 heterocycles. The van der Waals surface area contributed by atoms with Crippen LogP contribution < -0.4 is 4.90 Å². The summed E-state index contributed by atoms with van der Waals surface area (Å²) in [5.74, 6) is 1.63. The molecule has 0 saturated carbocycles. The number of benzene rings is 1. The quantitative estimate of drug-likeness (QED) is 0.562. The molecule has 6 heteroatoms. The van der Waals surface area contributed by atoms with Crippen molar-refractivity contribution in [1.82, 2.24) is 24.7 Å². The predicted octanol–water partition coefficient (Wildman–Crippen LogP) is 3.24. The van der Waals surface area contributed by atoms with Gasteiger partial charge in [0.15, 0.2) is 11.5 Å². The number of anilines is 1. The average molecular weight is 330 g/mol. The van der Waals surface area contributed by atoms with Crippen molar-refractivity contribution in [3.05, 3.63) is 72.8 Å². The molecule has 124 valence electrons. The van der Waals surface area contributed by atoms with Crippen molar-refractivity contribution >= 4 is 16.9 Å². The maximum atomic E-state index is 4.52. The number of fused-ring (bicyclic) bond motifs is 1. The normalized spacial score (nSPS) is 10.9. The smallest absolute Gasteiger partial charge is 0.170 e. The molecule has 6 nitrogen and oxygen atoms in total. The van der Waals surface area contributed by atoms with Gasteiger partial charge in [-0.3, -0.25) is 0 Å². The lowest BCUT2D eigenvalue weighted by molar-refractivity contribution is 0.815. The van der Waals surface area contributed by atoms with Crippen LogP contribution >= 0.6 is 0 Å². The monoisotopic (exact) mass is 330 g/mol. The maximum Gasteiger partial charge on any atom is 0.170 e. The molecule has 0 aliphatic heterocycles. The van der Waals surface area contributed by atoms with Crippen molar-refractivity contribution in [3.8, 4) is 5.82 Å². The number of pyridine rings is 1. The van der Waals surface area contributed by atoms with E-state index in [1.807, 2.05) is 30.5 Å². The van der Waals surface area contributed by atoms with Crippen LogP contribution in [0.5, 0.6) is 0 Å². The molecule has 0 aliphatic rings. The lowest BCUT2D eigenvalue weighted by Crippen LogP contribution is -2.23. The molecule has 0 aliphatic carbocycles. The molecule has 3 aromatic heterocycles. The van der Waals surface area contributed by atoms with Crippen LogP contribution in [0.1, 0.15) is 12.5 Å². The lowest BCUT2D eigenvalue weighted by Gasteiger charge is -2.22. The van der Waals surface area contributed by atoms with Crippen molar-refractivity contribution in [2.45, 2.75) is 13.5 Å². The molecule has 4 aromatic rings. The first-order valence-electron chi connectivity index (χ1n) is 8.26. The van der Waals surface area contributed by atoms with Gasteiger partial charge in [-0.05, 0) is 24.6 Å². The number of nitrogens with zero attached hydrogens (tertiary/aromatic N) is 6. The molecule has 0 atom stereocenters. The van der Waals surface area contributed by atoms with Crippen LogP contribution in [0.15, 0.2) is 67.3 Å². The maximum absolute atomic E-state index is 4.52.